The fourth-order valence-corrected chi connectivity index (χ4v) is 5.29. The number of alkyl halides is 5. The number of H-pyrrole nitrogens is 1. The molecule has 1 aliphatic rings. The lowest BCUT2D eigenvalue weighted by Crippen LogP contribution is -2.80. The van der Waals surface area contributed by atoms with Crippen LogP contribution in [-0.2, 0) is 0 Å². The minimum atomic E-state index is -3.28. The fourth-order valence-electron chi connectivity index (χ4n) is 4.74. The molecule has 220 valence electrons. The molecule has 1 amide bonds. The van der Waals surface area contributed by atoms with Crippen molar-refractivity contribution in [3.05, 3.63) is 72.5 Å². The number of nitrogens with one attached hydrogen (secondary N) is 2. The molecule has 1 fully saturated rings. The Kier molecular flexibility index (Phi) is 7.86. The second-order valence-corrected chi connectivity index (χ2v) is 10.4. The zero-order valence-corrected chi connectivity index (χ0v) is 22.7. The van der Waals surface area contributed by atoms with Crippen LogP contribution in [0.15, 0.2) is 39.9 Å². The van der Waals surface area contributed by atoms with Crippen LogP contribution >= 0.6 is 23.2 Å². The predicted molar refractivity (Wildman–Crippen MR) is 138 cm³/mol. The molecule has 1 aliphatic carbocycles. The first kappa shape index (κ1) is 30.3. The number of hydrogen-bond acceptors (Lipinski definition) is 6. The van der Waals surface area contributed by atoms with Crippen LogP contribution in [0, 0.1) is 0 Å². The highest BCUT2D eigenvalue weighted by Gasteiger charge is 2.74. The largest absolute Gasteiger partial charge is 0.507 e. The first-order valence-electron chi connectivity index (χ1n) is 11.9. The Labute approximate surface area is 237 Å². The second kappa shape index (κ2) is 10.6. The number of amides is 1. The highest BCUT2D eigenvalue weighted by atomic mass is 35.5. The number of hydrogen-bond donors (Lipinski definition) is 3. The maximum Gasteiger partial charge on any atom is 0.349 e. The van der Waals surface area contributed by atoms with Gasteiger partial charge in [-0.2, -0.15) is 9.78 Å². The predicted octanol–water partition coefficient (Wildman–Crippen LogP) is 5.35. The van der Waals surface area contributed by atoms with Crippen molar-refractivity contribution in [3.8, 4) is 22.9 Å². The number of phenols is 1. The van der Waals surface area contributed by atoms with E-state index in [-0.39, 0.29) is 33.7 Å². The summed E-state index contributed by atoms with van der Waals surface area (Å²) in [7, 11) is 0. The number of aromatic nitrogens is 3. The van der Waals surface area contributed by atoms with Gasteiger partial charge in [-0.05, 0) is 43.7 Å². The fraction of sp³-hybridized carbons (Fsp3) is 0.360. The summed E-state index contributed by atoms with van der Waals surface area (Å²) in [5.41, 5.74) is -11.7. The van der Waals surface area contributed by atoms with Crippen molar-refractivity contribution in [1.82, 2.24) is 20.1 Å². The van der Waals surface area contributed by atoms with Crippen molar-refractivity contribution in [1.29, 1.82) is 0 Å². The van der Waals surface area contributed by atoms with Crippen LogP contribution in [0.3, 0.4) is 0 Å². The van der Waals surface area contributed by atoms with Crippen molar-refractivity contribution in [3.63, 3.8) is 0 Å². The average Bonchev–Trinajstić information content (AvgIpc) is 2.90. The summed E-state index contributed by atoms with van der Waals surface area (Å²) in [6, 6.07) is 5.46. The van der Waals surface area contributed by atoms with Crippen molar-refractivity contribution >= 4 is 29.1 Å². The summed E-state index contributed by atoms with van der Waals surface area (Å²) in [6.07, 6.45) is -4.09. The molecule has 1 aromatic heterocycles. The molecule has 0 spiro atoms. The van der Waals surface area contributed by atoms with Gasteiger partial charge in [-0.1, -0.05) is 30.1 Å². The number of aromatic amines is 1. The Balaban J connectivity index is 1.62. The molecule has 0 bridgehead atoms. The van der Waals surface area contributed by atoms with Gasteiger partial charge < -0.3 is 15.2 Å². The monoisotopic (exact) mass is 622 g/mol. The van der Waals surface area contributed by atoms with E-state index in [1.54, 1.807) is 4.98 Å². The second-order valence-electron chi connectivity index (χ2n) is 9.59. The average molecular weight is 623 g/mol. The molecule has 2 aromatic carbocycles. The molecule has 41 heavy (non-hydrogen) atoms. The molecule has 9 nitrogen and oxygen atoms in total. The number of nitrogens with zero attached hydrogens (tertiary/aromatic N) is 2. The van der Waals surface area contributed by atoms with E-state index in [0.717, 1.165) is 31.2 Å². The van der Waals surface area contributed by atoms with E-state index in [0.29, 0.717) is 4.68 Å². The third-order valence-electron chi connectivity index (χ3n) is 7.07. The van der Waals surface area contributed by atoms with Gasteiger partial charge in [-0.15, -0.1) is 0 Å². The van der Waals surface area contributed by atoms with Gasteiger partial charge in [0.15, 0.2) is 22.8 Å². The topological polar surface area (TPSA) is 126 Å². The van der Waals surface area contributed by atoms with E-state index < -0.39 is 70.6 Å². The van der Waals surface area contributed by atoms with Crippen molar-refractivity contribution in [2.45, 2.75) is 50.0 Å². The maximum absolute atomic E-state index is 15.3. The highest BCUT2D eigenvalue weighted by Crippen LogP contribution is 2.57. The standard InChI is InChI=1S/C25H21Cl2F5N4O5/c1-3-24(31)9-23(2,25(24,32)10-28)34-20(38)13-8-12(4-5-16(13)37)41-18-14(26)6-11(7-15(18)27)36-22(40)33-21(39)17(35-36)19(29)30/h4-8,19,37H,3,9-10H2,1-2H3,(H,34,38)(H,33,39,40)/t23?,24?,25-/m1/s1. The van der Waals surface area contributed by atoms with E-state index in [1.165, 1.54) is 13.0 Å². The van der Waals surface area contributed by atoms with Gasteiger partial charge in [-0.25, -0.2) is 26.7 Å². The van der Waals surface area contributed by atoms with Crippen LogP contribution in [0.1, 0.15) is 49.2 Å². The molecular formula is C25H21Cl2F5N4O5. The Morgan fingerprint density at radius 2 is 1.85 bits per heavy atom. The van der Waals surface area contributed by atoms with Crippen molar-refractivity contribution in [2.24, 2.45) is 0 Å². The molecule has 0 aliphatic heterocycles. The van der Waals surface area contributed by atoms with E-state index in [9.17, 15) is 37.1 Å². The molecule has 1 heterocycles. The molecule has 1 saturated carbocycles. The third-order valence-corrected chi connectivity index (χ3v) is 7.63. The highest BCUT2D eigenvalue weighted by molar-refractivity contribution is 6.37. The van der Waals surface area contributed by atoms with E-state index in [1.807, 2.05) is 0 Å². The van der Waals surface area contributed by atoms with Crippen molar-refractivity contribution in [2.75, 3.05) is 6.67 Å². The zero-order chi connectivity index (χ0) is 30.5. The molecule has 4 rings (SSSR count). The van der Waals surface area contributed by atoms with E-state index >= 15 is 4.39 Å². The molecule has 3 atom stereocenters. The smallest absolute Gasteiger partial charge is 0.349 e. The molecule has 3 N–H and O–H groups in total. The Bertz CT molecular complexity index is 1630. The molecular weight excluding hydrogens is 602 g/mol. The minimum absolute atomic E-state index is 0.118. The number of ether oxygens (including phenoxy) is 1. The lowest BCUT2D eigenvalue weighted by atomic mass is 9.54. The Hall–Kier alpha value is -3.65. The Morgan fingerprint density at radius 1 is 1.22 bits per heavy atom. The molecule has 0 saturated heterocycles. The first-order valence-corrected chi connectivity index (χ1v) is 12.6. The van der Waals surface area contributed by atoms with Crippen LogP contribution in [-0.4, -0.2) is 49.3 Å². The van der Waals surface area contributed by atoms with Crippen LogP contribution in [0.4, 0.5) is 22.0 Å². The van der Waals surface area contributed by atoms with Crippen LogP contribution in [0.25, 0.3) is 5.69 Å². The number of phenolic OH excluding ortho intramolecular Hbond substituents is 1. The van der Waals surface area contributed by atoms with Crippen LogP contribution in [0.2, 0.25) is 10.0 Å². The molecule has 0 radical (unpaired) electrons. The summed E-state index contributed by atoms with van der Waals surface area (Å²) in [5, 5.41) is 15.4. The van der Waals surface area contributed by atoms with E-state index in [2.05, 4.69) is 10.4 Å². The SMILES string of the molecule is CCC1(F)CC(C)(NC(=O)c2cc(Oc3c(Cl)cc(-n4nc(C(F)F)c(=O)[nH]c4=O)cc3Cl)ccc2O)[C@]1(F)CF. The quantitative estimate of drug-likeness (QED) is 0.291. The lowest BCUT2D eigenvalue weighted by Gasteiger charge is -2.60. The van der Waals surface area contributed by atoms with Gasteiger partial charge in [0.2, 0.25) is 0 Å². The summed E-state index contributed by atoms with van der Waals surface area (Å²) in [4.78, 5) is 38.3. The van der Waals surface area contributed by atoms with Crippen LogP contribution in [0.5, 0.6) is 17.2 Å². The minimum Gasteiger partial charge on any atom is -0.507 e. The Morgan fingerprint density at radius 3 is 2.41 bits per heavy atom. The van der Waals surface area contributed by atoms with Gasteiger partial charge in [0.05, 0.1) is 26.8 Å². The van der Waals surface area contributed by atoms with Crippen LogP contribution < -0.4 is 21.3 Å². The summed E-state index contributed by atoms with van der Waals surface area (Å²) >= 11 is 12.5. The van der Waals surface area contributed by atoms with Gasteiger partial charge >= 0.3 is 5.69 Å². The lowest BCUT2D eigenvalue weighted by molar-refractivity contribution is -0.203. The molecule has 16 heteroatoms. The molecule has 2 unspecified atom stereocenters. The molecule has 3 aromatic rings. The first-order chi connectivity index (χ1) is 19.1. The van der Waals surface area contributed by atoms with Gasteiger partial charge in [0.1, 0.15) is 18.2 Å². The number of aromatic hydroxyl groups is 1. The van der Waals surface area contributed by atoms with E-state index in [4.69, 9.17) is 27.9 Å². The third kappa shape index (κ3) is 5.03. The number of benzene rings is 2. The van der Waals surface area contributed by atoms with Gasteiger partial charge in [0.25, 0.3) is 17.9 Å². The summed E-state index contributed by atoms with van der Waals surface area (Å²) in [6.45, 7) is 0.834. The number of carbonyl (C=O) groups is 1. The normalized spacial score (nSPS) is 23.8. The number of rotatable bonds is 8. The summed E-state index contributed by atoms with van der Waals surface area (Å²) < 4.78 is 75.9. The number of carbonyl (C=O) groups excluding carboxylic acids is 1. The van der Waals surface area contributed by atoms with Gasteiger partial charge in [0, 0.05) is 6.42 Å². The van der Waals surface area contributed by atoms with Crippen molar-refractivity contribution < 1.29 is 36.6 Å². The summed E-state index contributed by atoms with van der Waals surface area (Å²) in [5.74, 6) is -1.95. The maximum atomic E-state index is 15.3. The zero-order valence-electron chi connectivity index (χ0n) is 21.2. The number of halogens is 7. The van der Waals surface area contributed by atoms with Gasteiger partial charge in [-0.3, -0.25) is 14.6 Å².